The zero-order valence-corrected chi connectivity index (χ0v) is 14.9. The highest BCUT2D eigenvalue weighted by molar-refractivity contribution is 6.07. The third-order valence-electron chi connectivity index (χ3n) is 5.76. The number of likely N-dealkylation sites (N-methyl/N-ethyl adjacent to an activating group) is 1. The minimum atomic E-state index is -0.0830. The van der Waals surface area contributed by atoms with Crippen molar-refractivity contribution in [3.05, 3.63) is 48.5 Å². The van der Waals surface area contributed by atoms with Crippen LogP contribution in [0.25, 0.3) is 21.8 Å². The van der Waals surface area contributed by atoms with Crippen LogP contribution in [-0.4, -0.2) is 47.3 Å². The molecule has 1 aromatic heterocycles. The van der Waals surface area contributed by atoms with E-state index in [0.29, 0.717) is 13.1 Å². The van der Waals surface area contributed by atoms with Crippen molar-refractivity contribution in [2.24, 2.45) is 0 Å². The summed E-state index contributed by atoms with van der Waals surface area (Å²) in [5.41, 5.74) is 2.41. The molecule has 0 radical (unpaired) electrons. The average molecular weight is 337 g/mol. The lowest BCUT2D eigenvalue weighted by molar-refractivity contribution is -0.925. The molecule has 1 atom stereocenters. The maximum atomic E-state index is 12.2. The minimum Gasteiger partial charge on any atom is -0.450 e. The Morgan fingerprint density at radius 3 is 2.12 bits per heavy atom. The van der Waals surface area contributed by atoms with Crippen LogP contribution in [0.2, 0.25) is 0 Å². The van der Waals surface area contributed by atoms with Gasteiger partial charge in [0.2, 0.25) is 0 Å². The number of rotatable bonds is 4. The lowest BCUT2D eigenvalue weighted by Gasteiger charge is -2.42. The maximum Gasteiger partial charge on any atom is 0.362 e. The molecule has 1 aliphatic heterocycles. The summed E-state index contributed by atoms with van der Waals surface area (Å²) < 4.78 is 8.87. The van der Waals surface area contributed by atoms with Gasteiger partial charge in [-0.2, -0.15) is 0 Å². The number of cyclic esters (lactones) is 1. The van der Waals surface area contributed by atoms with Crippen LogP contribution in [0.3, 0.4) is 0 Å². The molecule has 0 amide bonds. The largest absolute Gasteiger partial charge is 0.450 e. The van der Waals surface area contributed by atoms with Gasteiger partial charge in [-0.25, -0.2) is 4.79 Å². The van der Waals surface area contributed by atoms with E-state index >= 15 is 0 Å². The molecule has 0 bridgehead atoms. The molecule has 130 valence electrons. The predicted octanol–water partition coefficient (Wildman–Crippen LogP) is 3.58. The Morgan fingerprint density at radius 2 is 1.56 bits per heavy atom. The molecular weight excluding hydrogens is 312 g/mol. The zero-order valence-electron chi connectivity index (χ0n) is 14.9. The SMILES string of the molecule is CC[N+]1(CC)CC(=O)OC(Cn2c3ccccc3c3ccccc32)C1. The smallest absolute Gasteiger partial charge is 0.362 e. The molecule has 0 N–H and O–H groups in total. The summed E-state index contributed by atoms with van der Waals surface area (Å²) in [6.07, 6.45) is -0.0830. The van der Waals surface area contributed by atoms with Crippen LogP contribution in [0, 0.1) is 0 Å². The van der Waals surface area contributed by atoms with Gasteiger partial charge < -0.3 is 13.8 Å². The van der Waals surface area contributed by atoms with Crippen molar-refractivity contribution >= 4 is 27.8 Å². The van der Waals surface area contributed by atoms with Crippen LogP contribution in [-0.2, 0) is 16.1 Å². The Bertz CT molecular complexity index is 871. The Kier molecular flexibility index (Phi) is 4.00. The van der Waals surface area contributed by atoms with Gasteiger partial charge in [-0.05, 0) is 26.0 Å². The number of nitrogens with zero attached hydrogens (tertiary/aromatic N) is 2. The predicted molar refractivity (Wildman–Crippen MR) is 100 cm³/mol. The number of para-hydroxylation sites is 2. The molecule has 2 heterocycles. The highest BCUT2D eigenvalue weighted by atomic mass is 16.5. The normalized spacial score (nSPS) is 20.1. The first-order valence-corrected chi connectivity index (χ1v) is 9.16. The monoisotopic (exact) mass is 337 g/mol. The van der Waals surface area contributed by atoms with Crippen LogP contribution in [0.5, 0.6) is 0 Å². The van der Waals surface area contributed by atoms with Crippen molar-refractivity contribution in [2.75, 3.05) is 26.2 Å². The number of aromatic nitrogens is 1. The van der Waals surface area contributed by atoms with Crippen LogP contribution in [0.4, 0.5) is 0 Å². The molecule has 0 saturated carbocycles. The summed E-state index contributed by atoms with van der Waals surface area (Å²) in [7, 11) is 0. The molecule has 1 fully saturated rings. The number of quaternary nitrogens is 1. The van der Waals surface area contributed by atoms with Gasteiger partial charge in [-0.15, -0.1) is 0 Å². The molecule has 1 aliphatic rings. The van der Waals surface area contributed by atoms with Gasteiger partial charge in [-0.1, -0.05) is 36.4 Å². The number of fused-ring (bicyclic) bond motifs is 3. The second-order valence-electron chi connectivity index (χ2n) is 7.07. The van der Waals surface area contributed by atoms with Crippen molar-refractivity contribution in [3.8, 4) is 0 Å². The topological polar surface area (TPSA) is 31.2 Å². The number of carbonyl (C=O) groups is 1. The van der Waals surface area contributed by atoms with E-state index in [2.05, 4.69) is 66.9 Å². The summed E-state index contributed by atoms with van der Waals surface area (Å²) in [5, 5.41) is 2.51. The Balaban J connectivity index is 1.76. The second kappa shape index (κ2) is 6.19. The molecule has 2 aromatic carbocycles. The van der Waals surface area contributed by atoms with E-state index in [9.17, 15) is 4.79 Å². The van der Waals surface area contributed by atoms with E-state index in [-0.39, 0.29) is 12.1 Å². The van der Waals surface area contributed by atoms with Gasteiger partial charge >= 0.3 is 5.97 Å². The molecule has 4 nitrogen and oxygen atoms in total. The molecule has 25 heavy (non-hydrogen) atoms. The van der Waals surface area contributed by atoms with Crippen molar-refractivity contribution in [1.29, 1.82) is 0 Å². The fraction of sp³-hybridized carbons (Fsp3) is 0.381. The van der Waals surface area contributed by atoms with Gasteiger partial charge in [0.1, 0.15) is 6.54 Å². The fourth-order valence-corrected chi connectivity index (χ4v) is 4.23. The third kappa shape index (κ3) is 2.71. The number of carbonyl (C=O) groups excluding carboxylic acids is 1. The number of benzene rings is 2. The second-order valence-corrected chi connectivity index (χ2v) is 7.07. The zero-order chi connectivity index (χ0) is 17.4. The lowest BCUT2D eigenvalue weighted by Crippen LogP contribution is -2.60. The quantitative estimate of drug-likeness (QED) is 0.538. The van der Waals surface area contributed by atoms with E-state index in [4.69, 9.17) is 4.74 Å². The van der Waals surface area contributed by atoms with Gasteiger partial charge in [-0.3, -0.25) is 0 Å². The first-order valence-electron chi connectivity index (χ1n) is 9.16. The maximum absolute atomic E-state index is 12.2. The molecule has 0 spiro atoms. The third-order valence-corrected chi connectivity index (χ3v) is 5.76. The molecule has 0 aliphatic carbocycles. The first-order chi connectivity index (χ1) is 12.2. The standard InChI is InChI=1S/C21H25N2O2/c1-3-23(4-2)14-16(25-21(24)15-23)13-22-19-11-7-5-9-17(19)18-10-6-8-12-20(18)22/h5-12,16H,3-4,13-15H2,1-2H3/q+1. The van der Waals surface area contributed by atoms with Crippen LogP contribution in [0.1, 0.15) is 13.8 Å². The van der Waals surface area contributed by atoms with E-state index in [1.165, 1.54) is 21.8 Å². The van der Waals surface area contributed by atoms with Crippen molar-refractivity contribution in [1.82, 2.24) is 4.57 Å². The van der Waals surface area contributed by atoms with Gasteiger partial charge in [0.15, 0.2) is 12.6 Å². The number of ether oxygens (including phenoxy) is 1. The van der Waals surface area contributed by atoms with Crippen LogP contribution >= 0.6 is 0 Å². The van der Waals surface area contributed by atoms with Gasteiger partial charge in [0.25, 0.3) is 0 Å². The van der Waals surface area contributed by atoms with Crippen molar-refractivity contribution in [2.45, 2.75) is 26.5 Å². The van der Waals surface area contributed by atoms with E-state index in [1.54, 1.807) is 0 Å². The highest BCUT2D eigenvalue weighted by Crippen LogP contribution is 2.30. The highest BCUT2D eigenvalue weighted by Gasteiger charge is 2.38. The number of esters is 1. The number of hydrogen-bond acceptors (Lipinski definition) is 2. The first kappa shape index (κ1) is 16.2. The summed E-state index contributed by atoms with van der Waals surface area (Å²) in [4.78, 5) is 12.2. The summed E-state index contributed by atoms with van der Waals surface area (Å²) >= 11 is 0. The lowest BCUT2D eigenvalue weighted by atomic mass is 10.2. The molecule has 4 rings (SSSR count). The van der Waals surface area contributed by atoms with Crippen molar-refractivity contribution in [3.63, 3.8) is 0 Å². The molecule has 3 aromatic rings. The summed E-state index contributed by atoms with van der Waals surface area (Å²) in [6, 6.07) is 16.9. The molecule has 1 saturated heterocycles. The fourth-order valence-electron chi connectivity index (χ4n) is 4.23. The van der Waals surface area contributed by atoms with E-state index in [1.807, 2.05) is 0 Å². The molecular formula is C21H25N2O2+. The average Bonchev–Trinajstić information content (AvgIpc) is 2.96. The van der Waals surface area contributed by atoms with Crippen LogP contribution in [0.15, 0.2) is 48.5 Å². The Labute approximate surface area is 148 Å². The number of hydrogen-bond donors (Lipinski definition) is 0. The van der Waals surface area contributed by atoms with Gasteiger partial charge in [0, 0.05) is 21.8 Å². The van der Waals surface area contributed by atoms with E-state index in [0.717, 1.165) is 24.1 Å². The Hall–Kier alpha value is -2.33. The summed E-state index contributed by atoms with van der Waals surface area (Å²) in [5.74, 6) is -0.0688. The minimum absolute atomic E-state index is 0.0688. The van der Waals surface area contributed by atoms with E-state index < -0.39 is 0 Å². The molecule has 1 unspecified atom stereocenters. The van der Waals surface area contributed by atoms with Crippen molar-refractivity contribution < 1.29 is 14.0 Å². The Morgan fingerprint density at radius 1 is 1.00 bits per heavy atom. The molecule has 4 heteroatoms. The summed E-state index contributed by atoms with van der Waals surface area (Å²) in [6.45, 7) is 8.36. The van der Waals surface area contributed by atoms with Gasteiger partial charge in [0.05, 0.1) is 19.6 Å². The number of morpholine rings is 1. The van der Waals surface area contributed by atoms with Crippen LogP contribution < -0.4 is 0 Å².